The molecule has 1 aliphatic rings. The van der Waals surface area contributed by atoms with Crippen LogP contribution in [0.2, 0.25) is 0 Å². The molecule has 0 unspecified atom stereocenters. The van der Waals surface area contributed by atoms with Crippen molar-refractivity contribution < 1.29 is 14.3 Å². The molecule has 0 bridgehead atoms. The van der Waals surface area contributed by atoms with Gasteiger partial charge in [-0.1, -0.05) is 6.07 Å². The topological polar surface area (TPSA) is 46.6 Å². The maximum Gasteiger partial charge on any atom is 0.299 e. The highest BCUT2D eigenvalue weighted by Gasteiger charge is 2.36. The van der Waals surface area contributed by atoms with Crippen molar-refractivity contribution >= 4 is 17.4 Å². The molecule has 1 heterocycles. The van der Waals surface area contributed by atoms with Crippen molar-refractivity contribution in [1.29, 1.82) is 0 Å². The maximum absolute atomic E-state index is 12.1. The molecule has 0 atom stereocenters. The minimum Gasteiger partial charge on any atom is -0.374 e. The monoisotopic (exact) mass is 275 g/mol. The summed E-state index contributed by atoms with van der Waals surface area (Å²) >= 11 is 0. The quantitative estimate of drug-likeness (QED) is 0.797. The highest BCUT2D eigenvalue weighted by atomic mass is 16.5. The van der Waals surface area contributed by atoms with Crippen LogP contribution in [0, 0.1) is 13.8 Å². The summed E-state index contributed by atoms with van der Waals surface area (Å²) in [4.78, 5) is 25.7. The standard InChI is InChI=1S/C16H21NO3/c1-10-8-11(2)13-12(9-10)14(18)15(19)17(13)6-7-20-16(3,4)5/h8-9H,6-7H2,1-5H3. The molecule has 0 aliphatic carbocycles. The second-order valence-electron chi connectivity index (χ2n) is 6.22. The summed E-state index contributed by atoms with van der Waals surface area (Å²) < 4.78 is 5.65. The third-order valence-electron chi connectivity index (χ3n) is 3.25. The summed E-state index contributed by atoms with van der Waals surface area (Å²) in [6.45, 7) is 10.6. The van der Waals surface area contributed by atoms with Crippen molar-refractivity contribution in [2.75, 3.05) is 18.1 Å². The Morgan fingerprint density at radius 3 is 2.40 bits per heavy atom. The van der Waals surface area contributed by atoms with E-state index in [9.17, 15) is 9.59 Å². The predicted octanol–water partition coefficient (Wildman–Crippen LogP) is 2.65. The average molecular weight is 275 g/mol. The molecule has 0 aromatic heterocycles. The smallest absolute Gasteiger partial charge is 0.299 e. The summed E-state index contributed by atoms with van der Waals surface area (Å²) in [6.07, 6.45) is 0. The number of Topliss-reactive ketones (excluding diaryl/α,β-unsaturated/α-hetero) is 1. The molecule has 1 amide bonds. The van der Waals surface area contributed by atoms with E-state index in [1.165, 1.54) is 4.90 Å². The summed E-state index contributed by atoms with van der Waals surface area (Å²) in [5.41, 5.74) is 2.95. The molecule has 4 heteroatoms. The molecular weight excluding hydrogens is 254 g/mol. The van der Waals surface area contributed by atoms with Gasteiger partial charge in [-0.2, -0.15) is 0 Å². The number of anilines is 1. The van der Waals surface area contributed by atoms with Gasteiger partial charge in [0.25, 0.3) is 11.7 Å². The summed E-state index contributed by atoms with van der Waals surface area (Å²) in [5.74, 6) is -0.867. The van der Waals surface area contributed by atoms with Crippen LogP contribution in [-0.2, 0) is 9.53 Å². The maximum atomic E-state index is 12.1. The number of ether oxygens (including phenoxy) is 1. The Balaban J connectivity index is 2.25. The third-order valence-corrected chi connectivity index (χ3v) is 3.25. The van der Waals surface area contributed by atoms with Crippen LogP contribution in [0.3, 0.4) is 0 Å². The van der Waals surface area contributed by atoms with E-state index in [2.05, 4.69) is 0 Å². The number of carbonyl (C=O) groups is 2. The Kier molecular flexibility index (Phi) is 3.69. The number of hydrogen-bond acceptors (Lipinski definition) is 3. The van der Waals surface area contributed by atoms with Crippen LogP contribution >= 0.6 is 0 Å². The molecule has 108 valence electrons. The molecular formula is C16H21NO3. The zero-order valence-electron chi connectivity index (χ0n) is 12.7. The van der Waals surface area contributed by atoms with E-state index in [1.54, 1.807) is 6.07 Å². The number of rotatable bonds is 3. The highest BCUT2D eigenvalue weighted by molar-refractivity contribution is 6.52. The van der Waals surface area contributed by atoms with E-state index in [0.29, 0.717) is 18.7 Å². The first kappa shape index (κ1) is 14.7. The fourth-order valence-corrected chi connectivity index (χ4v) is 2.49. The van der Waals surface area contributed by atoms with Gasteiger partial charge >= 0.3 is 0 Å². The number of ketones is 1. The van der Waals surface area contributed by atoms with Crippen molar-refractivity contribution in [3.05, 3.63) is 28.8 Å². The first-order chi connectivity index (χ1) is 9.20. The number of hydrogen-bond donors (Lipinski definition) is 0. The number of benzene rings is 1. The molecule has 0 fully saturated rings. The zero-order valence-corrected chi connectivity index (χ0v) is 12.7. The van der Waals surface area contributed by atoms with Crippen LogP contribution in [0.25, 0.3) is 0 Å². The molecule has 0 N–H and O–H groups in total. The van der Waals surface area contributed by atoms with Gasteiger partial charge in [0, 0.05) is 6.54 Å². The Labute approximate surface area is 119 Å². The van der Waals surface area contributed by atoms with Gasteiger partial charge in [0.15, 0.2) is 0 Å². The van der Waals surface area contributed by atoms with Crippen LogP contribution in [0.1, 0.15) is 42.3 Å². The van der Waals surface area contributed by atoms with Gasteiger partial charge in [-0.3, -0.25) is 9.59 Å². The molecule has 1 aromatic rings. The largest absolute Gasteiger partial charge is 0.374 e. The Morgan fingerprint density at radius 2 is 1.80 bits per heavy atom. The highest BCUT2D eigenvalue weighted by Crippen LogP contribution is 2.33. The fourth-order valence-electron chi connectivity index (χ4n) is 2.49. The Morgan fingerprint density at radius 1 is 1.15 bits per heavy atom. The van der Waals surface area contributed by atoms with E-state index in [0.717, 1.165) is 16.8 Å². The van der Waals surface area contributed by atoms with Crippen LogP contribution in [0.4, 0.5) is 5.69 Å². The van der Waals surface area contributed by atoms with E-state index in [4.69, 9.17) is 4.74 Å². The lowest BCUT2D eigenvalue weighted by Gasteiger charge is -2.23. The fraction of sp³-hybridized carbons (Fsp3) is 0.500. The predicted molar refractivity (Wildman–Crippen MR) is 78.3 cm³/mol. The normalized spacial score (nSPS) is 14.9. The minimum atomic E-state index is -0.453. The number of fused-ring (bicyclic) bond motifs is 1. The van der Waals surface area contributed by atoms with Crippen LogP contribution in [0.5, 0.6) is 0 Å². The van der Waals surface area contributed by atoms with Crippen molar-refractivity contribution in [2.45, 2.75) is 40.2 Å². The summed E-state index contributed by atoms with van der Waals surface area (Å²) in [5, 5.41) is 0. The number of nitrogens with zero attached hydrogens (tertiary/aromatic N) is 1. The van der Waals surface area contributed by atoms with E-state index in [1.807, 2.05) is 40.7 Å². The van der Waals surface area contributed by atoms with Gasteiger partial charge in [0.1, 0.15) is 0 Å². The van der Waals surface area contributed by atoms with Gasteiger partial charge in [0.2, 0.25) is 0 Å². The molecule has 0 radical (unpaired) electrons. The minimum absolute atomic E-state index is 0.252. The van der Waals surface area contributed by atoms with Crippen LogP contribution < -0.4 is 4.90 Å². The summed E-state index contributed by atoms with van der Waals surface area (Å²) in [6, 6.07) is 3.77. The van der Waals surface area contributed by atoms with E-state index in [-0.39, 0.29) is 5.60 Å². The van der Waals surface area contributed by atoms with Gasteiger partial charge in [0.05, 0.1) is 23.5 Å². The molecule has 0 saturated carbocycles. The average Bonchev–Trinajstić information content (AvgIpc) is 2.53. The van der Waals surface area contributed by atoms with Crippen molar-refractivity contribution in [2.24, 2.45) is 0 Å². The van der Waals surface area contributed by atoms with E-state index < -0.39 is 11.7 Å². The SMILES string of the molecule is Cc1cc(C)c2c(c1)C(=O)C(=O)N2CCOC(C)(C)C. The lowest BCUT2D eigenvalue weighted by atomic mass is 10.0. The first-order valence-corrected chi connectivity index (χ1v) is 6.82. The molecule has 0 spiro atoms. The van der Waals surface area contributed by atoms with E-state index >= 15 is 0 Å². The number of carbonyl (C=O) groups excluding carboxylic acids is 2. The molecule has 2 rings (SSSR count). The molecule has 20 heavy (non-hydrogen) atoms. The molecule has 1 aromatic carbocycles. The molecule has 4 nitrogen and oxygen atoms in total. The lowest BCUT2D eigenvalue weighted by molar-refractivity contribution is -0.114. The number of amides is 1. The Hall–Kier alpha value is -1.68. The summed E-state index contributed by atoms with van der Waals surface area (Å²) in [7, 11) is 0. The lowest BCUT2D eigenvalue weighted by Crippen LogP contribution is -2.35. The first-order valence-electron chi connectivity index (χ1n) is 6.82. The van der Waals surface area contributed by atoms with Gasteiger partial charge < -0.3 is 9.64 Å². The zero-order chi connectivity index (χ0) is 15.1. The van der Waals surface area contributed by atoms with Gasteiger partial charge in [-0.25, -0.2) is 0 Å². The van der Waals surface area contributed by atoms with Crippen molar-refractivity contribution in [3.8, 4) is 0 Å². The van der Waals surface area contributed by atoms with Crippen molar-refractivity contribution in [3.63, 3.8) is 0 Å². The number of aryl methyl sites for hydroxylation is 2. The van der Waals surface area contributed by atoms with Gasteiger partial charge in [-0.15, -0.1) is 0 Å². The second-order valence-corrected chi connectivity index (χ2v) is 6.22. The van der Waals surface area contributed by atoms with Crippen LogP contribution in [-0.4, -0.2) is 30.4 Å². The third kappa shape index (κ3) is 2.75. The molecule has 0 saturated heterocycles. The van der Waals surface area contributed by atoms with Crippen LogP contribution in [0.15, 0.2) is 12.1 Å². The Bertz CT molecular complexity index is 570. The second kappa shape index (κ2) is 5.02. The molecule has 1 aliphatic heterocycles. The van der Waals surface area contributed by atoms with Crippen molar-refractivity contribution in [1.82, 2.24) is 0 Å². The van der Waals surface area contributed by atoms with Gasteiger partial charge in [-0.05, 0) is 51.8 Å².